The largest absolute Gasteiger partial charge is 0.334 e. The van der Waals surface area contributed by atoms with Gasteiger partial charge in [0.05, 0.1) is 5.92 Å². The van der Waals surface area contributed by atoms with Crippen LogP contribution in [0.5, 0.6) is 0 Å². The van der Waals surface area contributed by atoms with Crippen molar-refractivity contribution in [2.75, 3.05) is 0 Å². The number of hydrogen-bond acceptors (Lipinski definition) is 2. The molecule has 4 heteroatoms. The smallest absolute Gasteiger partial charge is 0.324 e. The minimum atomic E-state index is -0.130. The van der Waals surface area contributed by atoms with Crippen molar-refractivity contribution in [1.29, 1.82) is 0 Å². The third kappa shape index (κ3) is 2.02. The van der Waals surface area contributed by atoms with Gasteiger partial charge in [0.2, 0.25) is 5.91 Å². The summed E-state index contributed by atoms with van der Waals surface area (Å²) in [7, 11) is 0. The molecular weight excluding hydrogens is 228 g/mol. The van der Waals surface area contributed by atoms with Crippen LogP contribution in [0.2, 0.25) is 0 Å². The summed E-state index contributed by atoms with van der Waals surface area (Å²) in [4.78, 5) is 26.3. The number of urea groups is 1. The first kappa shape index (κ1) is 12.0. The lowest BCUT2D eigenvalue weighted by Crippen LogP contribution is -2.62. The lowest BCUT2D eigenvalue weighted by Gasteiger charge is -2.39. The van der Waals surface area contributed by atoms with Gasteiger partial charge in [0, 0.05) is 12.1 Å². The number of imide groups is 1. The van der Waals surface area contributed by atoms with Crippen LogP contribution in [-0.4, -0.2) is 28.9 Å². The Bertz CT molecular complexity index is 350. The van der Waals surface area contributed by atoms with Crippen molar-refractivity contribution in [2.24, 2.45) is 5.92 Å². The van der Waals surface area contributed by atoms with Crippen molar-refractivity contribution in [3.8, 4) is 0 Å². The summed E-state index contributed by atoms with van der Waals surface area (Å²) in [6.45, 7) is 0. The minimum Gasteiger partial charge on any atom is -0.334 e. The number of carbonyl (C=O) groups excluding carboxylic acids is 2. The zero-order valence-electron chi connectivity index (χ0n) is 10.9. The van der Waals surface area contributed by atoms with E-state index in [0.29, 0.717) is 0 Å². The molecule has 2 aliphatic carbocycles. The minimum absolute atomic E-state index is 0.0470. The first-order valence-electron chi connectivity index (χ1n) is 7.41. The van der Waals surface area contributed by atoms with Gasteiger partial charge in [-0.1, -0.05) is 32.1 Å². The summed E-state index contributed by atoms with van der Waals surface area (Å²) < 4.78 is 0. The van der Waals surface area contributed by atoms with Gasteiger partial charge < -0.3 is 5.32 Å². The zero-order valence-corrected chi connectivity index (χ0v) is 10.9. The van der Waals surface area contributed by atoms with E-state index in [-0.39, 0.29) is 29.9 Å². The normalized spacial score (nSPS) is 34.1. The van der Waals surface area contributed by atoms with E-state index in [9.17, 15) is 9.59 Å². The van der Waals surface area contributed by atoms with Gasteiger partial charge in [-0.05, 0) is 25.7 Å². The highest BCUT2D eigenvalue weighted by Gasteiger charge is 2.44. The second-order valence-corrected chi connectivity index (χ2v) is 5.95. The van der Waals surface area contributed by atoms with Gasteiger partial charge in [-0.2, -0.15) is 0 Å². The molecule has 2 unspecified atom stereocenters. The predicted molar refractivity (Wildman–Crippen MR) is 68.0 cm³/mol. The van der Waals surface area contributed by atoms with Crippen LogP contribution in [0.25, 0.3) is 0 Å². The Kier molecular flexibility index (Phi) is 3.27. The molecule has 3 amide bonds. The van der Waals surface area contributed by atoms with Gasteiger partial charge in [0.15, 0.2) is 0 Å². The number of nitrogens with zero attached hydrogens (tertiary/aromatic N) is 1. The highest BCUT2D eigenvalue weighted by atomic mass is 16.2. The van der Waals surface area contributed by atoms with E-state index in [4.69, 9.17) is 0 Å². The Morgan fingerprint density at radius 3 is 2.33 bits per heavy atom. The molecule has 2 saturated carbocycles. The number of nitrogens with one attached hydrogen (secondary N) is 1. The van der Waals surface area contributed by atoms with Gasteiger partial charge in [-0.3, -0.25) is 9.69 Å². The van der Waals surface area contributed by atoms with Crippen molar-refractivity contribution >= 4 is 11.9 Å². The first-order valence-corrected chi connectivity index (χ1v) is 7.41. The van der Waals surface area contributed by atoms with Gasteiger partial charge in [-0.15, -0.1) is 0 Å². The molecule has 18 heavy (non-hydrogen) atoms. The fourth-order valence-electron chi connectivity index (χ4n) is 3.79. The lowest BCUT2D eigenvalue weighted by molar-refractivity contribution is -0.137. The molecule has 0 bridgehead atoms. The van der Waals surface area contributed by atoms with E-state index in [1.807, 2.05) is 0 Å². The molecule has 4 nitrogen and oxygen atoms in total. The summed E-state index contributed by atoms with van der Waals surface area (Å²) in [5.74, 6) is 0.156. The fraction of sp³-hybridized carbons (Fsp3) is 0.857. The van der Waals surface area contributed by atoms with Crippen LogP contribution >= 0.6 is 0 Å². The SMILES string of the molecule is O=C1NC2CCCCCC2C(=O)N1C1CCCC1. The Morgan fingerprint density at radius 2 is 1.56 bits per heavy atom. The number of carbonyl (C=O) groups is 2. The standard InChI is InChI=1S/C14H22N2O2/c17-13-11-8-2-1-3-9-12(11)15-14(18)16(13)10-6-4-5-7-10/h10-12H,1-9H2,(H,15,18). The van der Waals surface area contributed by atoms with E-state index in [1.165, 1.54) is 6.42 Å². The quantitative estimate of drug-likeness (QED) is 0.777. The van der Waals surface area contributed by atoms with E-state index >= 15 is 0 Å². The van der Waals surface area contributed by atoms with Crippen molar-refractivity contribution in [1.82, 2.24) is 10.2 Å². The van der Waals surface area contributed by atoms with Crippen molar-refractivity contribution in [3.05, 3.63) is 0 Å². The third-order valence-electron chi connectivity index (χ3n) is 4.79. The summed E-state index contributed by atoms with van der Waals surface area (Å²) >= 11 is 0. The molecule has 2 atom stereocenters. The van der Waals surface area contributed by atoms with E-state index in [2.05, 4.69) is 5.32 Å². The lowest BCUT2D eigenvalue weighted by atomic mass is 9.90. The second kappa shape index (κ2) is 4.90. The van der Waals surface area contributed by atoms with Crippen molar-refractivity contribution in [2.45, 2.75) is 69.9 Å². The third-order valence-corrected chi connectivity index (χ3v) is 4.79. The zero-order chi connectivity index (χ0) is 12.5. The number of rotatable bonds is 1. The topological polar surface area (TPSA) is 49.4 Å². The maximum Gasteiger partial charge on any atom is 0.324 e. The number of fused-ring (bicyclic) bond motifs is 1. The molecule has 0 aromatic heterocycles. The summed E-state index contributed by atoms with van der Waals surface area (Å²) in [5, 5.41) is 3.08. The van der Waals surface area contributed by atoms with Crippen molar-refractivity contribution in [3.63, 3.8) is 0 Å². The highest BCUT2D eigenvalue weighted by molar-refractivity contribution is 5.99. The molecule has 1 heterocycles. The molecular formula is C14H22N2O2. The average molecular weight is 250 g/mol. The fourth-order valence-corrected chi connectivity index (χ4v) is 3.79. The van der Waals surface area contributed by atoms with Gasteiger partial charge >= 0.3 is 6.03 Å². The van der Waals surface area contributed by atoms with Crippen LogP contribution in [0.4, 0.5) is 4.79 Å². The molecule has 0 radical (unpaired) electrons. The monoisotopic (exact) mass is 250 g/mol. The first-order chi connectivity index (χ1) is 8.77. The maximum absolute atomic E-state index is 12.6. The molecule has 1 N–H and O–H groups in total. The van der Waals surface area contributed by atoms with E-state index < -0.39 is 0 Å². The van der Waals surface area contributed by atoms with Crippen LogP contribution in [0.15, 0.2) is 0 Å². The molecule has 100 valence electrons. The van der Waals surface area contributed by atoms with Gasteiger partial charge in [0.25, 0.3) is 0 Å². The van der Waals surface area contributed by atoms with Crippen molar-refractivity contribution < 1.29 is 9.59 Å². The molecule has 0 aromatic rings. The van der Waals surface area contributed by atoms with Crippen LogP contribution in [0.3, 0.4) is 0 Å². The van der Waals surface area contributed by atoms with Crippen LogP contribution in [0.1, 0.15) is 57.8 Å². The van der Waals surface area contributed by atoms with Gasteiger partial charge in [-0.25, -0.2) is 4.79 Å². The summed E-state index contributed by atoms with van der Waals surface area (Å²) in [6, 6.07) is 0.141. The number of hydrogen-bond donors (Lipinski definition) is 1. The Morgan fingerprint density at radius 1 is 0.889 bits per heavy atom. The summed E-state index contributed by atoms with van der Waals surface area (Å²) in [5.41, 5.74) is 0. The second-order valence-electron chi connectivity index (χ2n) is 5.95. The molecule has 0 aromatic carbocycles. The van der Waals surface area contributed by atoms with Gasteiger partial charge in [0.1, 0.15) is 0 Å². The molecule has 1 saturated heterocycles. The number of amides is 3. The summed E-state index contributed by atoms with van der Waals surface area (Å²) in [6.07, 6.45) is 9.67. The molecule has 0 spiro atoms. The van der Waals surface area contributed by atoms with E-state index in [1.54, 1.807) is 4.90 Å². The maximum atomic E-state index is 12.6. The van der Waals surface area contributed by atoms with E-state index in [0.717, 1.165) is 51.4 Å². The molecule has 3 aliphatic rings. The predicted octanol–water partition coefficient (Wildman–Crippen LogP) is 2.43. The molecule has 3 rings (SSSR count). The van der Waals surface area contributed by atoms with Crippen LogP contribution < -0.4 is 5.32 Å². The Balaban J connectivity index is 1.79. The Labute approximate surface area is 108 Å². The van der Waals surface area contributed by atoms with Crippen LogP contribution in [-0.2, 0) is 4.79 Å². The molecule has 1 aliphatic heterocycles. The van der Waals surface area contributed by atoms with Crippen LogP contribution in [0, 0.1) is 5.92 Å². The highest BCUT2D eigenvalue weighted by Crippen LogP contribution is 2.32. The Hall–Kier alpha value is -1.06. The average Bonchev–Trinajstić information content (AvgIpc) is 2.75. The molecule has 3 fully saturated rings.